The van der Waals surface area contributed by atoms with Crippen LogP contribution in [0.1, 0.15) is 5.56 Å². The average Bonchev–Trinajstić information content (AvgIpc) is 2.67. The summed E-state index contributed by atoms with van der Waals surface area (Å²) in [7, 11) is 0. The van der Waals surface area contributed by atoms with Crippen molar-refractivity contribution in [2.24, 2.45) is 0 Å². The quantitative estimate of drug-likeness (QED) is 0.554. The van der Waals surface area contributed by atoms with E-state index in [1.165, 1.54) is 0 Å². The fourth-order valence-corrected chi connectivity index (χ4v) is 3.42. The Bertz CT molecular complexity index is 1100. The Morgan fingerprint density at radius 1 is 0.846 bits per heavy atom. The molecule has 6 heteroatoms. The molecule has 0 aliphatic heterocycles. The molecule has 0 aliphatic rings. The first-order valence-electron chi connectivity index (χ1n) is 8.01. The van der Waals surface area contributed by atoms with Crippen molar-refractivity contribution in [2.75, 3.05) is 0 Å². The van der Waals surface area contributed by atoms with Crippen LogP contribution in [0.25, 0.3) is 33.2 Å². The second-order valence-corrected chi connectivity index (χ2v) is 6.81. The van der Waals surface area contributed by atoms with Crippen molar-refractivity contribution in [3.8, 4) is 22.3 Å². The zero-order valence-electron chi connectivity index (χ0n) is 13.7. The minimum atomic E-state index is -1.89. The third-order valence-electron chi connectivity index (χ3n) is 4.15. The largest absolute Gasteiger partial charge is 0.306 e. The smallest absolute Gasteiger partial charge is 0.157 e. The van der Waals surface area contributed by atoms with Gasteiger partial charge in [0.1, 0.15) is 0 Å². The van der Waals surface area contributed by atoms with Gasteiger partial charge in [-0.05, 0) is 58.7 Å². The van der Waals surface area contributed by atoms with E-state index in [1.54, 1.807) is 31.0 Å². The summed E-state index contributed by atoms with van der Waals surface area (Å²) in [4.78, 5) is 12.7. The molecular formula is C20H15N3O2S. The van der Waals surface area contributed by atoms with E-state index in [0.29, 0.717) is 0 Å². The van der Waals surface area contributed by atoms with Crippen LogP contribution in [0.15, 0.2) is 73.4 Å². The molecule has 0 spiro atoms. The molecule has 4 rings (SSSR count). The zero-order chi connectivity index (χ0) is 17.9. The van der Waals surface area contributed by atoms with Gasteiger partial charge in [-0.2, -0.15) is 0 Å². The molecule has 3 aromatic heterocycles. The fourth-order valence-electron chi connectivity index (χ4n) is 2.98. The molecule has 1 atom stereocenters. The summed E-state index contributed by atoms with van der Waals surface area (Å²) in [6, 6.07) is 13.9. The number of nitrogens with zero attached hydrogens (tertiary/aromatic N) is 3. The molecule has 5 nitrogen and oxygen atoms in total. The fraction of sp³-hybridized carbons (Fsp3) is 0.0500. The van der Waals surface area contributed by atoms with E-state index in [-0.39, 0.29) is 5.75 Å². The molecule has 0 saturated heterocycles. The van der Waals surface area contributed by atoms with Crippen LogP contribution in [-0.2, 0) is 16.8 Å². The van der Waals surface area contributed by atoms with E-state index >= 15 is 0 Å². The number of hydrogen-bond acceptors (Lipinski definition) is 4. The van der Waals surface area contributed by atoms with E-state index in [1.807, 2.05) is 36.4 Å². The van der Waals surface area contributed by atoms with Crippen molar-refractivity contribution in [1.29, 1.82) is 0 Å². The van der Waals surface area contributed by atoms with Crippen LogP contribution in [0.2, 0.25) is 0 Å². The van der Waals surface area contributed by atoms with Crippen molar-refractivity contribution in [2.45, 2.75) is 5.75 Å². The Kier molecular flexibility index (Phi) is 4.51. The molecule has 0 saturated carbocycles. The van der Waals surface area contributed by atoms with Gasteiger partial charge in [-0.1, -0.05) is 6.07 Å². The Balaban J connectivity index is 1.84. The molecule has 0 bridgehead atoms. The number of hydrogen-bond donors (Lipinski definition) is 1. The van der Waals surface area contributed by atoms with Crippen LogP contribution in [0.3, 0.4) is 0 Å². The zero-order valence-corrected chi connectivity index (χ0v) is 14.6. The summed E-state index contributed by atoms with van der Waals surface area (Å²) in [5, 5.41) is 1.03. The number of aromatic nitrogens is 3. The van der Waals surface area contributed by atoms with E-state index < -0.39 is 11.1 Å². The number of benzene rings is 1. The van der Waals surface area contributed by atoms with Crippen molar-refractivity contribution >= 4 is 22.0 Å². The lowest BCUT2D eigenvalue weighted by Gasteiger charge is -2.09. The highest BCUT2D eigenvalue weighted by Gasteiger charge is 2.08. The number of pyridine rings is 3. The van der Waals surface area contributed by atoms with E-state index in [4.69, 9.17) is 4.55 Å². The molecule has 0 amide bonds. The van der Waals surface area contributed by atoms with Crippen molar-refractivity contribution < 1.29 is 8.76 Å². The second-order valence-electron chi connectivity index (χ2n) is 5.87. The minimum absolute atomic E-state index is 0.0677. The molecule has 3 heterocycles. The lowest BCUT2D eigenvalue weighted by molar-refractivity contribution is 0.563. The van der Waals surface area contributed by atoms with Gasteiger partial charge in [-0.15, -0.1) is 0 Å². The monoisotopic (exact) mass is 361 g/mol. The summed E-state index contributed by atoms with van der Waals surface area (Å²) in [5.41, 5.74) is 5.68. The van der Waals surface area contributed by atoms with Crippen molar-refractivity contribution in [3.05, 3.63) is 79.0 Å². The molecular weight excluding hydrogens is 346 g/mol. The SMILES string of the molecule is O=S(O)Cc1cncc(-c2ccc3nccc(-c4ccncc4)c3c2)c1. The van der Waals surface area contributed by atoms with Crippen LogP contribution >= 0.6 is 0 Å². The molecule has 4 aromatic rings. The van der Waals surface area contributed by atoms with Gasteiger partial charge < -0.3 is 4.55 Å². The van der Waals surface area contributed by atoms with E-state index in [9.17, 15) is 4.21 Å². The van der Waals surface area contributed by atoms with Gasteiger partial charge in [-0.3, -0.25) is 15.0 Å². The van der Waals surface area contributed by atoms with E-state index in [2.05, 4.69) is 21.0 Å². The molecule has 1 aromatic carbocycles. The maximum Gasteiger partial charge on any atom is 0.157 e. The number of fused-ring (bicyclic) bond motifs is 1. The molecule has 26 heavy (non-hydrogen) atoms. The summed E-state index contributed by atoms with van der Waals surface area (Å²) >= 11 is -1.89. The summed E-state index contributed by atoms with van der Waals surface area (Å²) in [6.45, 7) is 0. The highest BCUT2D eigenvalue weighted by Crippen LogP contribution is 2.31. The van der Waals surface area contributed by atoms with Crippen molar-refractivity contribution in [1.82, 2.24) is 15.0 Å². The highest BCUT2D eigenvalue weighted by molar-refractivity contribution is 7.78. The van der Waals surface area contributed by atoms with Crippen LogP contribution in [0.4, 0.5) is 0 Å². The van der Waals surface area contributed by atoms with Gasteiger partial charge in [0.15, 0.2) is 11.1 Å². The standard InChI is InChI=1S/C20H15N3O2S/c24-26(25)13-14-9-17(12-22-11-14)16-1-2-20-19(10-16)18(5-8-23-20)15-3-6-21-7-4-15/h1-12H,13H2,(H,24,25). The van der Waals surface area contributed by atoms with Crippen LogP contribution in [-0.4, -0.2) is 23.7 Å². The minimum Gasteiger partial charge on any atom is -0.306 e. The van der Waals surface area contributed by atoms with Gasteiger partial charge in [0, 0.05) is 41.9 Å². The molecule has 0 radical (unpaired) electrons. The Morgan fingerprint density at radius 3 is 2.50 bits per heavy atom. The maximum atomic E-state index is 11.1. The van der Waals surface area contributed by atoms with Crippen molar-refractivity contribution in [3.63, 3.8) is 0 Å². The normalized spacial score (nSPS) is 12.2. The summed E-state index contributed by atoms with van der Waals surface area (Å²) < 4.78 is 20.2. The Hall–Kier alpha value is -2.96. The number of rotatable bonds is 4. The first kappa shape index (κ1) is 16.5. The second kappa shape index (κ2) is 7.11. The van der Waals surface area contributed by atoms with Gasteiger partial charge in [0.25, 0.3) is 0 Å². The molecule has 128 valence electrons. The first-order chi connectivity index (χ1) is 12.7. The van der Waals surface area contributed by atoms with Gasteiger partial charge in [0.2, 0.25) is 0 Å². The van der Waals surface area contributed by atoms with Crippen LogP contribution in [0.5, 0.6) is 0 Å². The third kappa shape index (κ3) is 3.37. The maximum absolute atomic E-state index is 11.1. The summed E-state index contributed by atoms with van der Waals surface area (Å²) in [5.74, 6) is 0.0677. The van der Waals surface area contributed by atoms with Crippen LogP contribution < -0.4 is 0 Å². The van der Waals surface area contributed by atoms with Gasteiger partial charge in [-0.25, -0.2) is 4.21 Å². The lowest BCUT2D eigenvalue weighted by atomic mass is 9.98. The highest BCUT2D eigenvalue weighted by atomic mass is 32.2. The molecule has 1 N–H and O–H groups in total. The predicted octanol–water partition coefficient (Wildman–Crippen LogP) is 4.08. The first-order valence-corrected chi connectivity index (χ1v) is 9.29. The third-order valence-corrected chi connectivity index (χ3v) is 4.73. The summed E-state index contributed by atoms with van der Waals surface area (Å²) in [6.07, 6.45) is 8.72. The Morgan fingerprint density at radius 2 is 1.69 bits per heavy atom. The van der Waals surface area contributed by atoms with Gasteiger partial charge >= 0.3 is 0 Å². The van der Waals surface area contributed by atoms with E-state index in [0.717, 1.165) is 38.7 Å². The topological polar surface area (TPSA) is 76.0 Å². The van der Waals surface area contributed by atoms with Gasteiger partial charge in [0.05, 0.1) is 11.3 Å². The van der Waals surface area contributed by atoms with Crippen LogP contribution in [0, 0.1) is 0 Å². The molecule has 0 aliphatic carbocycles. The molecule has 0 fully saturated rings. The average molecular weight is 361 g/mol. The predicted molar refractivity (Wildman–Crippen MR) is 103 cm³/mol. The Labute approximate surface area is 153 Å². The molecule has 1 unspecified atom stereocenters. The lowest BCUT2D eigenvalue weighted by Crippen LogP contribution is -1.94.